The fourth-order valence-electron chi connectivity index (χ4n) is 1.78. The maximum atomic E-state index is 5.15. The van der Waals surface area contributed by atoms with Gasteiger partial charge in [0.05, 0.1) is 7.11 Å². The highest BCUT2D eigenvalue weighted by Gasteiger charge is 1.98. The van der Waals surface area contributed by atoms with E-state index in [4.69, 9.17) is 4.74 Å². The van der Waals surface area contributed by atoms with Gasteiger partial charge in [0.1, 0.15) is 5.75 Å². The second-order valence-electron chi connectivity index (χ2n) is 3.92. The Labute approximate surface area is 102 Å². The molecule has 0 saturated heterocycles. The summed E-state index contributed by atoms with van der Waals surface area (Å²) in [6, 6.07) is 16.7. The van der Waals surface area contributed by atoms with Crippen LogP contribution in [-0.2, 0) is 6.42 Å². The van der Waals surface area contributed by atoms with Gasteiger partial charge < -0.3 is 4.74 Å². The second kappa shape index (κ2) is 5.35. The maximum absolute atomic E-state index is 5.15. The first kappa shape index (κ1) is 11.5. The standard InChI is InChI=1S/C16H16O/c1-3-4-13-5-7-14(8-6-13)15-9-11-16(17-2)12-10-15/h3,5-12H,1,4H2,2H3. The Hall–Kier alpha value is -2.02. The Kier molecular flexibility index (Phi) is 3.61. The molecule has 1 heteroatoms. The minimum Gasteiger partial charge on any atom is -0.497 e. The van der Waals surface area contributed by atoms with Gasteiger partial charge in [-0.2, -0.15) is 0 Å². The molecule has 2 rings (SSSR count). The molecule has 0 aliphatic heterocycles. The molecule has 0 fully saturated rings. The van der Waals surface area contributed by atoms with Crippen LogP contribution >= 0.6 is 0 Å². The number of rotatable bonds is 4. The third-order valence-corrected chi connectivity index (χ3v) is 2.76. The monoisotopic (exact) mass is 224 g/mol. The first-order chi connectivity index (χ1) is 8.33. The van der Waals surface area contributed by atoms with E-state index in [0.29, 0.717) is 0 Å². The number of hydrogen-bond donors (Lipinski definition) is 0. The van der Waals surface area contributed by atoms with Gasteiger partial charge in [0, 0.05) is 0 Å². The molecule has 0 unspecified atom stereocenters. The third-order valence-electron chi connectivity index (χ3n) is 2.76. The molecular weight excluding hydrogens is 208 g/mol. The largest absolute Gasteiger partial charge is 0.497 e. The van der Waals surface area contributed by atoms with Gasteiger partial charge in [-0.3, -0.25) is 0 Å². The van der Waals surface area contributed by atoms with Crippen LogP contribution in [0.3, 0.4) is 0 Å². The number of allylic oxidation sites excluding steroid dienone is 1. The van der Waals surface area contributed by atoms with Crippen molar-refractivity contribution in [2.24, 2.45) is 0 Å². The molecule has 0 bridgehead atoms. The molecule has 0 radical (unpaired) electrons. The summed E-state index contributed by atoms with van der Waals surface area (Å²) in [5.41, 5.74) is 3.72. The van der Waals surface area contributed by atoms with E-state index in [1.807, 2.05) is 18.2 Å². The molecule has 0 amide bonds. The molecule has 0 spiro atoms. The maximum Gasteiger partial charge on any atom is 0.118 e. The third kappa shape index (κ3) is 2.76. The fraction of sp³-hybridized carbons (Fsp3) is 0.125. The second-order valence-corrected chi connectivity index (χ2v) is 3.92. The van der Waals surface area contributed by atoms with E-state index in [2.05, 4.69) is 43.0 Å². The highest BCUT2D eigenvalue weighted by atomic mass is 16.5. The predicted octanol–water partition coefficient (Wildman–Crippen LogP) is 4.09. The summed E-state index contributed by atoms with van der Waals surface area (Å²) in [6.45, 7) is 3.74. The fourth-order valence-corrected chi connectivity index (χ4v) is 1.78. The number of ether oxygens (including phenoxy) is 1. The topological polar surface area (TPSA) is 9.23 Å². The van der Waals surface area contributed by atoms with Crippen LogP contribution in [0.1, 0.15) is 5.56 Å². The van der Waals surface area contributed by atoms with Crippen molar-refractivity contribution < 1.29 is 4.74 Å². The van der Waals surface area contributed by atoms with Crippen LogP contribution in [0.15, 0.2) is 61.2 Å². The SMILES string of the molecule is C=CCc1ccc(-c2ccc(OC)cc2)cc1. The van der Waals surface area contributed by atoms with E-state index in [-0.39, 0.29) is 0 Å². The number of benzene rings is 2. The highest BCUT2D eigenvalue weighted by molar-refractivity contribution is 5.64. The molecule has 2 aromatic rings. The zero-order valence-corrected chi connectivity index (χ0v) is 10.0. The highest BCUT2D eigenvalue weighted by Crippen LogP contribution is 2.22. The summed E-state index contributed by atoms with van der Waals surface area (Å²) in [5, 5.41) is 0. The minimum atomic E-state index is 0.886. The molecule has 0 N–H and O–H groups in total. The van der Waals surface area contributed by atoms with Gasteiger partial charge in [0.2, 0.25) is 0 Å². The molecule has 86 valence electrons. The van der Waals surface area contributed by atoms with Crippen molar-refractivity contribution in [3.8, 4) is 16.9 Å². The summed E-state index contributed by atoms with van der Waals surface area (Å²) in [4.78, 5) is 0. The first-order valence-corrected chi connectivity index (χ1v) is 5.68. The molecule has 17 heavy (non-hydrogen) atoms. The normalized spacial score (nSPS) is 9.94. The predicted molar refractivity (Wildman–Crippen MR) is 72.3 cm³/mol. The average Bonchev–Trinajstić information content (AvgIpc) is 2.40. The summed E-state index contributed by atoms with van der Waals surface area (Å²) in [5.74, 6) is 0.886. The molecule has 0 aromatic heterocycles. The molecule has 1 nitrogen and oxygen atoms in total. The van der Waals surface area contributed by atoms with Crippen molar-refractivity contribution in [1.82, 2.24) is 0 Å². The Balaban J connectivity index is 2.23. The van der Waals surface area contributed by atoms with Crippen molar-refractivity contribution in [3.63, 3.8) is 0 Å². The lowest BCUT2D eigenvalue weighted by molar-refractivity contribution is 0.415. The Morgan fingerprint density at radius 1 is 0.941 bits per heavy atom. The van der Waals surface area contributed by atoms with E-state index in [0.717, 1.165) is 12.2 Å². The van der Waals surface area contributed by atoms with Crippen LogP contribution in [0.5, 0.6) is 5.75 Å². The van der Waals surface area contributed by atoms with Crippen LogP contribution in [-0.4, -0.2) is 7.11 Å². The lowest BCUT2D eigenvalue weighted by Gasteiger charge is -2.04. The summed E-state index contributed by atoms with van der Waals surface area (Å²) in [7, 11) is 1.68. The smallest absolute Gasteiger partial charge is 0.118 e. The van der Waals surface area contributed by atoms with E-state index in [9.17, 15) is 0 Å². The van der Waals surface area contributed by atoms with Crippen LogP contribution in [0.4, 0.5) is 0 Å². The Bertz CT molecular complexity index is 480. The minimum absolute atomic E-state index is 0.886. The molecule has 0 atom stereocenters. The molecule has 0 saturated carbocycles. The summed E-state index contributed by atoms with van der Waals surface area (Å²) < 4.78 is 5.15. The number of hydrogen-bond acceptors (Lipinski definition) is 1. The van der Waals surface area contributed by atoms with Gasteiger partial charge in [-0.15, -0.1) is 6.58 Å². The van der Waals surface area contributed by atoms with Gasteiger partial charge in [-0.1, -0.05) is 42.5 Å². The molecular formula is C16H16O. The van der Waals surface area contributed by atoms with E-state index in [1.54, 1.807) is 7.11 Å². The van der Waals surface area contributed by atoms with Crippen molar-refractivity contribution in [1.29, 1.82) is 0 Å². The molecule has 0 aliphatic rings. The van der Waals surface area contributed by atoms with Crippen LogP contribution in [0.2, 0.25) is 0 Å². The van der Waals surface area contributed by atoms with Crippen LogP contribution in [0.25, 0.3) is 11.1 Å². The van der Waals surface area contributed by atoms with E-state index in [1.165, 1.54) is 16.7 Å². The summed E-state index contributed by atoms with van der Waals surface area (Å²) in [6.07, 6.45) is 2.84. The zero-order chi connectivity index (χ0) is 12.1. The molecule has 0 aliphatic carbocycles. The van der Waals surface area contributed by atoms with E-state index >= 15 is 0 Å². The van der Waals surface area contributed by atoms with Crippen LogP contribution < -0.4 is 4.74 Å². The van der Waals surface area contributed by atoms with E-state index < -0.39 is 0 Å². The first-order valence-electron chi connectivity index (χ1n) is 5.68. The zero-order valence-electron chi connectivity index (χ0n) is 10.0. The molecule has 0 heterocycles. The summed E-state index contributed by atoms with van der Waals surface area (Å²) >= 11 is 0. The lowest BCUT2D eigenvalue weighted by Crippen LogP contribution is -1.84. The Morgan fingerprint density at radius 3 is 1.94 bits per heavy atom. The van der Waals surface area contributed by atoms with Crippen molar-refractivity contribution >= 4 is 0 Å². The van der Waals surface area contributed by atoms with Crippen molar-refractivity contribution in [3.05, 3.63) is 66.7 Å². The quantitative estimate of drug-likeness (QED) is 0.711. The lowest BCUT2D eigenvalue weighted by atomic mass is 10.0. The van der Waals surface area contributed by atoms with Crippen molar-refractivity contribution in [2.45, 2.75) is 6.42 Å². The number of methoxy groups -OCH3 is 1. The van der Waals surface area contributed by atoms with Crippen molar-refractivity contribution in [2.75, 3.05) is 7.11 Å². The van der Waals surface area contributed by atoms with Crippen LogP contribution in [0, 0.1) is 0 Å². The van der Waals surface area contributed by atoms with Gasteiger partial charge >= 0.3 is 0 Å². The molecule has 2 aromatic carbocycles. The Morgan fingerprint density at radius 2 is 1.47 bits per heavy atom. The van der Waals surface area contributed by atoms with Gasteiger partial charge in [-0.25, -0.2) is 0 Å². The van der Waals surface area contributed by atoms with Gasteiger partial charge in [0.15, 0.2) is 0 Å². The van der Waals surface area contributed by atoms with Gasteiger partial charge in [0.25, 0.3) is 0 Å². The average molecular weight is 224 g/mol. The van der Waals surface area contributed by atoms with Gasteiger partial charge in [-0.05, 0) is 35.2 Å².